The molecule has 0 saturated carbocycles. The fourth-order valence-electron chi connectivity index (χ4n) is 3.12. The van der Waals surface area contributed by atoms with Gasteiger partial charge in [-0.2, -0.15) is 0 Å². The Kier molecular flexibility index (Phi) is 5.77. The summed E-state index contributed by atoms with van der Waals surface area (Å²) in [5.74, 6) is -1.76. The van der Waals surface area contributed by atoms with E-state index in [0.717, 1.165) is 22.0 Å². The third-order valence-corrected chi connectivity index (χ3v) is 4.81. The maximum absolute atomic E-state index is 12.8. The third kappa shape index (κ3) is 3.97. The van der Waals surface area contributed by atoms with E-state index in [1.807, 2.05) is 6.92 Å². The number of amides is 1. The highest BCUT2D eigenvalue weighted by molar-refractivity contribution is 5.95. The summed E-state index contributed by atoms with van der Waals surface area (Å²) in [5.41, 5.74) is 4.10. The standard InChI is InChI=1S/C18H20N6O7/c1-3-4-7-22-15(19)14(16(26)20-17(22)27)21(2)13(25)9-23-11-6-5-10(24(29)30)8-12(11)31-18(23)28/h5-6,8H,3-4,7,9,19H2,1-2H3,(H,20,26,27). The first-order valence-electron chi connectivity index (χ1n) is 9.32. The molecule has 13 heteroatoms. The van der Waals surface area contributed by atoms with Gasteiger partial charge in [0.1, 0.15) is 12.4 Å². The summed E-state index contributed by atoms with van der Waals surface area (Å²) < 4.78 is 7.15. The van der Waals surface area contributed by atoms with Gasteiger partial charge in [-0.1, -0.05) is 13.3 Å². The van der Waals surface area contributed by atoms with Gasteiger partial charge in [0.05, 0.1) is 16.5 Å². The van der Waals surface area contributed by atoms with Gasteiger partial charge in [-0.05, 0) is 12.5 Å². The molecule has 13 nitrogen and oxygen atoms in total. The Bertz CT molecular complexity index is 1350. The summed E-state index contributed by atoms with van der Waals surface area (Å²) in [4.78, 5) is 62.7. The van der Waals surface area contributed by atoms with E-state index in [2.05, 4.69) is 4.98 Å². The zero-order valence-electron chi connectivity index (χ0n) is 16.8. The van der Waals surface area contributed by atoms with E-state index in [9.17, 15) is 29.3 Å². The maximum Gasteiger partial charge on any atom is 0.420 e. The Morgan fingerprint density at radius 2 is 2.00 bits per heavy atom. The first-order valence-corrected chi connectivity index (χ1v) is 9.32. The zero-order valence-corrected chi connectivity index (χ0v) is 16.8. The Balaban J connectivity index is 1.97. The van der Waals surface area contributed by atoms with Crippen molar-refractivity contribution in [2.24, 2.45) is 0 Å². The van der Waals surface area contributed by atoms with Crippen LogP contribution >= 0.6 is 0 Å². The third-order valence-electron chi connectivity index (χ3n) is 4.81. The van der Waals surface area contributed by atoms with Crippen LogP contribution in [0.2, 0.25) is 0 Å². The van der Waals surface area contributed by atoms with Crippen molar-refractivity contribution in [2.45, 2.75) is 32.9 Å². The lowest BCUT2D eigenvalue weighted by atomic mass is 10.3. The number of anilines is 2. The average Bonchev–Trinajstić information content (AvgIpc) is 3.01. The van der Waals surface area contributed by atoms with Crippen LogP contribution in [0.15, 0.2) is 37.0 Å². The lowest BCUT2D eigenvalue weighted by molar-refractivity contribution is -0.384. The van der Waals surface area contributed by atoms with Crippen molar-refractivity contribution in [1.82, 2.24) is 14.1 Å². The number of carbonyl (C=O) groups is 1. The predicted octanol–water partition coefficient (Wildman–Crippen LogP) is 0.398. The number of nitrogens with zero attached hydrogens (tertiary/aromatic N) is 4. The van der Waals surface area contributed by atoms with E-state index < -0.39 is 34.4 Å². The highest BCUT2D eigenvalue weighted by atomic mass is 16.6. The van der Waals surface area contributed by atoms with Crippen LogP contribution in [0.5, 0.6) is 0 Å². The van der Waals surface area contributed by atoms with E-state index in [-0.39, 0.29) is 34.8 Å². The summed E-state index contributed by atoms with van der Waals surface area (Å²) in [6.07, 6.45) is 1.42. The normalized spacial score (nSPS) is 11.0. The minimum absolute atomic E-state index is 0.0554. The van der Waals surface area contributed by atoms with Crippen LogP contribution in [0.25, 0.3) is 11.1 Å². The second kappa shape index (κ2) is 8.30. The SMILES string of the molecule is CCCCn1c(N)c(N(C)C(=O)Cn2c(=O)oc3cc([N+](=O)[O-])ccc32)c(=O)[nH]c1=O. The molecular weight excluding hydrogens is 412 g/mol. The molecule has 0 bridgehead atoms. The number of likely N-dealkylation sites (N-methyl/N-ethyl adjacent to an activating group) is 1. The van der Waals surface area contributed by atoms with Gasteiger partial charge >= 0.3 is 11.4 Å². The molecule has 0 radical (unpaired) electrons. The highest BCUT2D eigenvalue weighted by Gasteiger charge is 2.23. The number of nitrogens with two attached hydrogens (primary N) is 1. The van der Waals surface area contributed by atoms with E-state index in [1.165, 1.54) is 23.7 Å². The van der Waals surface area contributed by atoms with Crippen LogP contribution in [-0.2, 0) is 17.9 Å². The van der Waals surface area contributed by atoms with E-state index in [1.54, 1.807) is 0 Å². The molecule has 2 aromatic heterocycles. The topological polar surface area (TPSA) is 179 Å². The number of unbranched alkanes of at least 4 members (excludes halogenated alkanes) is 1. The van der Waals surface area contributed by atoms with Gasteiger partial charge in [-0.25, -0.2) is 9.59 Å². The zero-order chi connectivity index (χ0) is 22.9. The molecule has 2 heterocycles. The van der Waals surface area contributed by atoms with Crippen molar-refractivity contribution < 1.29 is 14.1 Å². The van der Waals surface area contributed by atoms with Crippen LogP contribution < -0.4 is 27.6 Å². The van der Waals surface area contributed by atoms with Crippen LogP contribution in [-0.4, -0.2) is 32.0 Å². The van der Waals surface area contributed by atoms with Crippen molar-refractivity contribution in [1.29, 1.82) is 0 Å². The number of hydrogen-bond donors (Lipinski definition) is 2. The minimum Gasteiger partial charge on any atom is -0.407 e. The van der Waals surface area contributed by atoms with Gasteiger partial charge in [-0.3, -0.25) is 33.8 Å². The molecule has 3 N–H and O–H groups in total. The van der Waals surface area contributed by atoms with Crippen molar-refractivity contribution in [3.05, 3.63) is 59.7 Å². The highest BCUT2D eigenvalue weighted by Crippen LogP contribution is 2.21. The fourth-order valence-corrected chi connectivity index (χ4v) is 3.12. The Hall–Kier alpha value is -4.16. The molecule has 0 unspecified atom stereocenters. The van der Waals surface area contributed by atoms with E-state index >= 15 is 0 Å². The number of carbonyl (C=O) groups excluding carboxylic acids is 1. The molecule has 164 valence electrons. The molecule has 3 rings (SSSR count). The summed E-state index contributed by atoms with van der Waals surface area (Å²) in [5, 5.41) is 10.9. The molecule has 1 amide bonds. The number of fused-ring (bicyclic) bond motifs is 1. The number of nitrogen functional groups attached to an aromatic ring is 1. The van der Waals surface area contributed by atoms with Crippen molar-refractivity contribution in [2.75, 3.05) is 17.7 Å². The maximum atomic E-state index is 12.8. The summed E-state index contributed by atoms with van der Waals surface area (Å²) in [6, 6.07) is 3.54. The second-order valence-electron chi connectivity index (χ2n) is 6.81. The van der Waals surface area contributed by atoms with Crippen LogP contribution in [0, 0.1) is 10.1 Å². The number of rotatable bonds is 7. The smallest absolute Gasteiger partial charge is 0.407 e. The minimum atomic E-state index is -0.896. The number of benzene rings is 1. The molecular formula is C18H20N6O7. The molecule has 0 saturated heterocycles. The van der Waals surface area contributed by atoms with Gasteiger partial charge in [0.25, 0.3) is 11.2 Å². The molecule has 0 atom stereocenters. The number of aromatic nitrogens is 3. The van der Waals surface area contributed by atoms with Gasteiger partial charge in [0.2, 0.25) is 5.91 Å². The second-order valence-corrected chi connectivity index (χ2v) is 6.81. The van der Waals surface area contributed by atoms with Crippen LogP contribution in [0.1, 0.15) is 19.8 Å². The molecule has 0 fully saturated rings. The first-order chi connectivity index (χ1) is 14.6. The van der Waals surface area contributed by atoms with Gasteiger partial charge in [0, 0.05) is 19.7 Å². The van der Waals surface area contributed by atoms with Gasteiger partial charge in [-0.15, -0.1) is 0 Å². The summed E-state index contributed by atoms with van der Waals surface area (Å²) >= 11 is 0. The number of oxazole rings is 1. The lowest BCUT2D eigenvalue weighted by Crippen LogP contribution is -2.41. The van der Waals surface area contributed by atoms with Gasteiger partial charge in [0.15, 0.2) is 11.3 Å². The number of nitro groups is 1. The first kappa shape index (κ1) is 21.5. The van der Waals surface area contributed by atoms with Gasteiger partial charge < -0.3 is 15.1 Å². The molecule has 0 aliphatic carbocycles. The summed E-state index contributed by atoms with van der Waals surface area (Å²) in [6.45, 7) is 1.66. The molecule has 1 aromatic carbocycles. The Morgan fingerprint density at radius 3 is 2.65 bits per heavy atom. The number of nitro benzene ring substituents is 1. The molecule has 3 aromatic rings. The van der Waals surface area contributed by atoms with Crippen LogP contribution in [0.3, 0.4) is 0 Å². The number of hydrogen-bond acceptors (Lipinski definition) is 8. The Labute approximate surface area is 173 Å². The fraction of sp³-hybridized carbons (Fsp3) is 0.333. The van der Waals surface area contributed by atoms with Crippen molar-refractivity contribution >= 4 is 34.2 Å². The average molecular weight is 432 g/mol. The Morgan fingerprint density at radius 1 is 1.29 bits per heavy atom. The van der Waals surface area contributed by atoms with Crippen molar-refractivity contribution in [3.63, 3.8) is 0 Å². The largest absolute Gasteiger partial charge is 0.420 e. The number of aromatic amines is 1. The molecule has 31 heavy (non-hydrogen) atoms. The quantitative estimate of drug-likeness (QED) is 0.397. The number of H-pyrrole nitrogens is 1. The molecule has 0 aliphatic heterocycles. The predicted molar refractivity (Wildman–Crippen MR) is 111 cm³/mol. The summed E-state index contributed by atoms with van der Waals surface area (Å²) in [7, 11) is 1.29. The lowest BCUT2D eigenvalue weighted by Gasteiger charge is -2.20. The van der Waals surface area contributed by atoms with E-state index in [0.29, 0.717) is 6.42 Å². The number of non-ortho nitro benzene ring substituents is 1. The van der Waals surface area contributed by atoms with E-state index in [4.69, 9.17) is 10.2 Å². The van der Waals surface area contributed by atoms with Crippen molar-refractivity contribution in [3.8, 4) is 0 Å². The number of nitrogens with one attached hydrogen (secondary N) is 1. The van der Waals surface area contributed by atoms with Crippen LogP contribution in [0.4, 0.5) is 17.2 Å². The monoisotopic (exact) mass is 432 g/mol. The molecule has 0 spiro atoms. The molecule has 0 aliphatic rings.